The molecule has 0 atom stereocenters. The van der Waals surface area contributed by atoms with Crippen LogP contribution in [0.4, 0.5) is 4.79 Å². The summed E-state index contributed by atoms with van der Waals surface area (Å²) in [5, 5.41) is 3.11. The lowest BCUT2D eigenvalue weighted by Crippen LogP contribution is -2.47. The Hall–Kier alpha value is -4.01. The van der Waals surface area contributed by atoms with E-state index in [9.17, 15) is 14.4 Å². The summed E-state index contributed by atoms with van der Waals surface area (Å²) in [7, 11) is 4.39. The van der Waals surface area contributed by atoms with Crippen LogP contribution in [0.2, 0.25) is 0 Å². The number of quaternary nitrogens is 1. The van der Waals surface area contributed by atoms with Gasteiger partial charge in [0.1, 0.15) is 6.10 Å². The van der Waals surface area contributed by atoms with E-state index in [1.165, 1.54) is 62.7 Å². The van der Waals surface area contributed by atoms with E-state index in [1.54, 1.807) is 12.1 Å². The zero-order chi connectivity index (χ0) is 35.2. The van der Waals surface area contributed by atoms with Gasteiger partial charge < -0.3 is 19.4 Å². The van der Waals surface area contributed by atoms with E-state index < -0.39 is 0 Å². The lowest BCUT2D eigenvalue weighted by Gasteiger charge is -2.32. The average molecular weight is 682 g/mol. The molecule has 268 valence electrons. The number of unbranched alkanes of at least 4 members (excludes halogenated alkanes) is 8. The van der Waals surface area contributed by atoms with Crippen molar-refractivity contribution in [3.8, 4) is 0 Å². The molecule has 0 spiro atoms. The van der Waals surface area contributed by atoms with E-state index in [0.29, 0.717) is 17.7 Å². The Morgan fingerprint density at radius 3 is 1.70 bits per heavy atom. The normalized spacial score (nSPS) is 15.5. The highest BCUT2D eigenvalue weighted by Gasteiger charge is 2.36. The number of ether oxygens (including phenoxy) is 1. The van der Waals surface area contributed by atoms with Crippen molar-refractivity contribution in [2.45, 2.75) is 82.8 Å². The first kappa shape index (κ1) is 37.3. The highest BCUT2D eigenvalue weighted by Crippen LogP contribution is 2.24. The van der Waals surface area contributed by atoms with Gasteiger partial charge in [0, 0.05) is 13.1 Å². The van der Waals surface area contributed by atoms with Crippen LogP contribution in [0.1, 0.15) is 109 Å². The maximum Gasteiger partial charge on any atom is 0.408 e. The van der Waals surface area contributed by atoms with Crippen LogP contribution in [0.3, 0.4) is 0 Å². The molecule has 0 aliphatic carbocycles. The molecule has 0 unspecified atom stereocenters. The average Bonchev–Trinajstić information content (AvgIpc) is 3.38. The van der Waals surface area contributed by atoms with E-state index >= 15 is 0 Å². The molecule has 8 nitrogen and oxygen atoms in total. The highest BCUT2D eigenvalue weighted by molar-refractivity contribution is 6.21. The Labute approximate surface area is 299 Å². The predicted molar refractivity (Wildman–Crippen MR) is 199 cm³/mol. The standard InChI is InChI=1S/C42H56N4O4/c1-46(2,33-31-45-40(47)37-24-16-17-25-38(37)41(45)48)32-19-9-7-5-3-4-6-8-18-28-44-29-26-36(27-30-44)50-42(49)43-39(34-20-12-10-13-21-34)35-22-14-11-15-23-35/h10-17,20-25,36,39H,3-9,18-19,26-33H2,1-2H3/p+1. The first-order chi connectivity index (χ1) is 24.3. The van der Waals surface area contributed by atoms with Gasteiger partial charge in [-0.25, -0.2) is 4.79 Å². The molecular formula is C42H57N4O4+. The fourth-order valence-electron chi connectivity index (χ4n) is 7.24. The van der Waals surface area contributed by atoms with Crippen LogP contribution in [0, 0.1) is 0 Å². The van der Waals surface area contributed by atoms with Crippen LogP contribution in [0.15, 0.2) is 84.9 Å². The summed E-state index contributed by atoms with van der Waals surface area (Å²) in [4.78, 5) is 42.1. The smallest absolute Gasteiger partial charge is 0.408 e. The Morgan fingerprint density at radius 1 is 0.680 bits per heavy atom. The maximum absolute atomic E-state index is 12.9. The quantitative estimate of drug-likeness (QED) is 0.0793. The van der Waals surface area contributed by atoms with Gasteiger partial charge in [0.25, 0.3) is 11.8 Å². The first-order valence-electron chi connectivity index (χ1n) is 18.9. The van der Waals surface area contributed by atoms with E-state index in [2.05, 4.69) is 24.3 Å². The predicted octanol–water partition coefficient (Wildman–Crippen LogP) is 7.85. The minimum Gasteiger partial charge on any atom is -0.446 e. The summed E-state index contributed by atoms with van der Waals surface area (Å²) in [5.41, 5.74) is 3.15. The Bertz CT molecular complexity index is 1430. The van der Waals surface area contributed by atoms with Crippen LogP contribution in [0.25, 0.3) is 0 Å². The number of carbonyl (C=O) groups excluding carboxylic acids is 3. The van der Waals surface area contributed by atoms with Crippen molar-refractivity contribution in [2.24, 2.45) is 0 Å². The summed E-state index contributed by atoms with van der Waals surface area (Å²) >= 11 is 0. The second-order valence-corrected chi connectivity index (χ2v) is 14.7. The van der Waals surface area contributed by atoms with Crippen molar-refractivity contribution in [1.82, 2.24) is 15.1 Å². The Balaban J connectivity index is 0.854. The number of likely N-dealkylation sites (tertiary alicyclic amines) is 1. The second-order valence-electron chi connectivity index (χ2n) is 14.7. The largest absolute Gasteiger partial charge is 0.446 e. The molecule has 8 heteroatoms. The highest BCUT2D eigenvalue weighted by atomic mass is 16.6. The van der Waals surface area contributed by atoms with Crippen molar-refractivity contribution in [1.29, 1.82) is 0 Å². The number of hydrogen-bond donors (Lipinski definition) is 1. The third-order valence-electron chi connectivity index (χ3n) is 10.4. The zero-order valence-electron chi connectivity index (χ0n) is 30.2. The van der Waals surface area contributed by atoms with Crippen LogP contribution in [-0.4, -0.2) is 91.7 Å². The molecule has 1 N–H and O–H groups in total. The van der Waals surface area contributed by atoms with Crippen molar-refractivity contribution < 1.29 is 23.6 Å². The monoisotopic (exact) mass is 681 g/mol. The van der Waals surface area contributed by atoms with Gasteiger partial charge in [0.15, 0.2) is 0 Å². The maximum atomic E-state index is 12.9. The first-order valence-corrected chi connectivity index (χ1v) is 18.9. The zero-order valence-corrected chi connectivity index (χ0v) is 30.2. The van der Waals surface area contributed by atoms with Gasteiger partial charge in [-0.05, 0) is 61.9 Å². The summed E-state index contributed by atoms with van der Waals surface area (Å²) in [6, 6.07) is 27.0. The molecule has 0 aromatic heterocycles. The fourth-order valence-corrected chi connectivity index (χ4v) is 7.24. The van der Waals surface area contributed by atoms with E-state index in [4.69, 9.17) is 4.74 Å². The molecule has 2 aliphatic heterocycles. The fraction of sp³-hybridized carbons (Fsp3) is 0.500. The van der Waals surface area contributed by atoms with Gasteiger partial charge in [0.2, 0.25) is 0 Å². The summed E-state index contributed by atoms with van der Waals surface area (Å²) in [6.45, 7) is 5.40. The minimum absolute atomic E-state index is 0.0341. The number of alkyl carbamates (subject to hydrolysis) is 1. The van der Waals surface area contributed by atoms with Crippen LogP contribution in [-0.2, 0) is 4.74 Å². The number of likely N-dealkylation sites (N-methyl/N-ethyl adjacent to an activating group) is 1. The number of nitrogens with zero attached hydrogens (tertiary/aromatic N) is 3. The summed E-state index contributed by atoms with van der Waals surface area (Å²) < 4.78 is 6.70. The van der Waals surface area contributed by atoms with Gasteiger partial charge in [0.05, 0.1) is 50.9 Å². The number of rotatable bonds is 19. The van der Waals surface area contributed by atoms with E-state index in [0.717, 1.165) is 61.2 Å². The number of piperidine rings is 1. The number of benzene rings is 3. The number of fused-ring (bicyclic) bond motifs is 1. The van der Waals surface area contributed by atoms with E-state index in [-0.39, 0.29) is 30.1 Å². The lowest BCUT2D eigenvalue weighted by atomic mass is 9.99. The molecule has 3 aromatic rings. The SMILES string of the molecule is C[N+](C)(CCCCCCCCCCCN1CCC(OC(=O)NC(c2ccccc2)c2ccccc2)CC1)CCN1C(=O)c2ccccc2C1=O. The molecular weight excluding hydrogens is 624 g/mol. The van der Waals surface area contributed by atoms with Crippen LogP contribution >= 0.6 is 0 Å². The van der Waals surface area contributed by atoms with Crippen LogP contribution in [0.5, 0.6) is 0 Å². The topological polar surface area (TPSA) is 79.0 Å². The van der Waals surface area contributed by atoms with Gasteiger partial charge in [-0.1, -0.05) is 111 Å². The number of nitrogens with one attached hydrogen (secondary N) is 1. The van der Waals surface area contributed by atoms with Gasteiger partial charge in [-0.3, -0.25) is 14.5 Å². The number of carbonyl (C=O) groups is 3. The Morgan fingerprint density at radius 2 is 1.16 bits per heavy atom. The van der Waals surface area contributed by atoms with Crippen LogP contribution < -0.4 is 5.32 Å². The number of amides is 3. The number of imide groups is 1. The van der Waals surface area contributed by atoms with Crippen molar-refractivity contribution in [3.63, 3.8) is 0 Å². The molecule has 1 fully saturated rings. The molecule has 0 saturated carbocycles. The lowest BCUT2D eigenvalue weighted by molar-refractivity contribution is -0.889. The van der Waals surface area contributed by atoms with Gasteiger partial charge in [-0.15, -0.1) is 0 Å². The summed E-state index contributed by atoms with van der Waals surface area (Å²) in [5.74, 6) is -0.313. The Kier molecular flexibility index (Phi) is 14.0. The van der Waals surface area contributed by atoms with Gasteiger partial charge >= 0.3 is 6.09 Å². The third kappa shape index (κ3) is 11.0. The molecule has 50 heavy (non-hydrogen) atoms. The van der Waals surface area contributed by atoms with Crippen molar-refractivity contribution >= 4 is 17.9 Å². The molecule has 3 aromatic carbocycles. The van der Waals surface area contributed by atoms with Crippen molar-refractivity contribution in [3.05, 3.63) is 107 Å². The third-order valence-corrected chi connectivity index (χ3v) is 10.4. The van der Waals surface area contributed by atoms with E-state index in [1.807, 2.05) is 72.8 Å². The summed E-state index contributed by atoms with van der Waals surface area (Å²) in [6.07, 6.45) is 12.8. The van der Waals surface area contributed by atoms with Crippen molar-refractivity contribution in [2.75, 3.05) is 53.4 Å². The van der Waals surface area contributed by atoms with Gasteiger partial charge in [-0.2, -0.15) is 0 Å². The molecule has 2 heterocycles. The molecule has 0 radical (unpaired) electrons. The second kappa shape index (κ2) is 18.8. The molecule has 2 aliphatic rings. The molecule has 5 rings (SSSR count). The molecule has 0 bridgehead atoms. The molecule has 3 amide bonds. The minimum atomic E-state index is -0.346. The molecule has 1 saturated heterocycles. The number of hydrogen-bond acceptors (Lipinski definition) is 5.